The number of benzene rings is 2. The maximum Gasteiger partial charge on any atom is 0.159 e. The van der Waals surface area contributed by atoms with Crippen LogP contribution in [0.4, 0.5) is 0 Å². The van der Waals surface area contributed by atoms with Crippen molar-refractivity contribution in [1.82, 2.24) is 14.8 Å². The summed E-state index contributed by atoms with van der Waals surface area (Å²) in [6.07, 6.45) is 1.64. The Morgan fingerprint density at radius 2 is 1.78 bits per heavy atom. The number of aliphatic imine (C=N–C) groups is 1. The smallest absolute Gasteiger partial charge is 0.159 e. The lowest BCUT2D eigenvalue weighted by atomic mass is 10.00. The molecule has 0 spiro atoms. The number of aromatic nitrogens is 3. The Labute approximate surface area is 147 Å². The molecule has 2 heterocycles. The first-order valence-electron chi connectivity index (χ1n) is 6.84. The van der Waals surface area contributed by atoms with Crippen molar-refractivity contribution < 1.29 is 0 Å². The highest BCUT2D eigenvalue weighted by molar-refractivity contribution is 6.45. The van der Waals surface area contributed by atoms with Crippen LogP contribution in [-0.2, 0) is 6.54 Å². The molecule has 1 aromatic heterocycles. The minimum atomic E-state index is 0.378. The molecule has 0 radical (unpaired) electrons. The van der Waals surface area contributed by atoms with Gasteiger partial charge in [-0.1, -0.05) is 53.0 Å². The van der Waals surface area contributed by atoms with Gasteiger partial charge in [-0.05, 0) is 18.2 Å². The topological polar surface area (TPSA) is 43.1 Å². The maximum atomic E-state index is 6.50. The Morgan fingerprint density at radius 1 is 0.957 bits per heavy atom. The molecule has 23 heavy (non-hydrogen) atoms. The van der Waals surface area contributed by atoms with Gasteiger partial charge in [0.1, 0.15) is 12.9 Å². The Hall–Kier alpha value is -1.88. The molecule has 0 N–H and O–H groups in total. The number of hydrogen-bond acceptors (Lipinski definition) is 3. The molecule has 7 heteroatoms. The Kier molecular flexibility index (Phi) is 3.60. The van der Waals surface area contributed by atoms with Crippen LogP contribution in [0.1, 0.15) is 17.0 Å². The van der Waals surface area contributed by atoms with Crippen LogP contribution in [0.5, 0.6) is 0 Å². The molecule has 1 aliphatic heterocycles. The summed E-state index contributed by atoms with van der Waals surface area (Å²) >= 11 is 19.1. The van der Waals surface area contributed by atoms with Crippen LogP contribution in [0.2, 0.25) is 15.1 Å². The van der Waals surface area contributed by atoms with E-state index >= 15 is 0 Å². The van der Waals surface area contributed by atoms with Crippen molar-refractivity contribution in [3.05, 3.63) is 74.7 Å². The van der Waals surface area contributed by atoms with Crippen molar-refractivity contribution in [2.45, 2.75) is 6.54 Å². The highest BCUT2D eigenvalue weighted by Crippen LogP contribution is 2.35. The quantitative estimate of drug-likeness (QED) is 0.635. The second kappa shape index (κ2) is 5.64. The lowest BCUT2D eigenvalue weighted by molar-refractivity contribution is 0.870. The monoisotopic (exact) mass is 362 g/mol. The fourth-order valence-electron chi connectivity index (χ4n) is 2.64. The molecule has 2 aromatic carbocycles. The van der Waals surface area contributed by atoms with Crippen LogP contribution < -0.4 is 0 Å². The molecule has 0 bridgehead atoms. The fraction of sp³-hybridized carbons (Fsp3) is 0.0625. The second-order valence-corrected chi connectivity index (χ2v) is 6.21. The highest BCUT2D eigenvalue weighted by atomic mass is 35.5. The molecule has 0 amide bonds. The van der Waals surface area contributed by atoms with Crippen LogP contribution in [0.3, 0.4) is 0 Å². The van der Waals surface area contributed by atoms with Crippen LogP contribution in [0, 0.1) is 0 Å². The van der Waals surface area contributed by atoms with Crippen LogP contribution >= 0.6 is 34.8 Å². The Bertz CT molecular complexity index is 946. The van der Waals surface area contributed by atoms with Crippen molar-refractivity contribution in [2.75, 3.05) is 0 Å². The number of nitrogens with zero attached hydrogens (tertiary/aromatic N) is 4. The van der Waals surface area contributed by atoms with Crippen molar-refractivity contribution in [3.63, 3.8) is 0 Å². The summed E-state index contributed by atoms with van der Waals surface area (Å²) in [5, 5.41) is 9.57. The van der Waals surface area contributed by atoms with Gasteiger partial charge in [0.25, 0.3) is 0 Å². The molecule has 0 atom stereocenters. The molecular formula is C16H9Cl3N4. The Morgan fingerprint density at radius 3 is 2.61 bits per heavy atom. The van der Waals surface area contributed by atoms with E-state index in [0.717, 1.165) is 22.6 Å². The van der Waals surface area contributed by atoms with Gasteiger partial charge in [-0.3, -0.25) is 9.56 Å². The number of hydrogen-bond donors (Lipinski definition) is 0. The molecule has 114 valence electrons. The van der Waals surface area contributed by atoms with Crippen molar-refractivity contribution in [1.29, 1.82) is 0 Å². The summed E-state index contributed by atoms with van der Waals surface area (Å²) in [5.41, 5.74) is 3.06. The summed E-state index contributed by atoms with van der Waals surface area (Å²) in [6.45, 7) is 0.378. The van der Waals surface area contributed by atoms with E-state index in [-0.39, 0.29) is 0 Å². The second-order valence-electron chi connectivity index (χ2n) is 5.02. The lowest BCUT2D eigenvalue weighted by Crippen LogP contribution is -2.08. The zero-order valence-corrected chi connectivity index (χ0v) is 13.9. The minimum Gasteiger partial charge on any atom is -0.283 e. The van der Waals surface area contributed by atoms with E-state index < -0.39 is 0 Å². The molecule has 1 aliphatic rings. The summed E-state index contributed by atoms with van der Waals surface area (Å²) < 4.78 is 1.87. The number of halogens is 3. The van der Waals surface area contributed by atoms with Gasteiger partial charge in [-0.25, -0.2) is 0 Å². The summed E-state index contributed by atoms with van der Waals surface area (Å²) in [5.74, 6) is 0.728. The van der Waals surface area contributed by atoms with Gasteiger partial charge in [0.05, 0.1) is 21.4 Å². The fourth-order valence-corrected chi connectivity index (χ4v) is 3.27. The van der Waals surface area contributed by atoms with Gasteiger partial charge in [-0.15, -0.1) is 10.2 Å². The lowest BCUT2D eigenvalue weighted by Gasteiger charge is -2.14. The van der Waals surface area contributed by atoms with E-state index in [1.807, 2.05) is 34.9 Å². The molecule has 0 unspecified atom stereocenters. The Balaban J connectivity index is 2.06. The van der Waals surface area contributed by atoms with Gasteiger partial charge in [0.15, 0.2) is 5.82 Å². The standard InChI is InChI=1S/C16H9Cl3N4/c17-10-4-2-1-3-9(10)16-14-12(6-5-11(18)15(14)19)23-8-21-22-13(23)7-20-16/h1-6,8H,7H2. The van der Waals surface area contributed by atoms with Crippen LogP contribution in [0.15, 0.2) is 47.7 Å². The van der Waals surface area contributed by atoms with Crippen LogP contribution in [0.25, 0.3) is 5.69 Å². The van der Waals surface area contributed by atoms with E-state index in [4.69, 9.17) is 34.8 Å². The first-order valence-corrected chi connectivity index (χ1v) is 7.97. The predicted molar refractivity (Wildman–Crippen MR) is 92.2 cm³/mol. The van der Waals surface area contributed by atoms with Gasteiger partial charge in [0.2, 0.25) is 0 Å². The molecular weight excluding hydrogens is 355 g/mol. The zero-order chi connectivity index (χ0) is 16.0. The van der Waals surface area contributed by atoms with Gasteiger partial charge in [0, 0.05) is 16.1 Å². The predicted octanol–water partition coefficient (Wildman–Crippen LogP) is 4.58. The molecule has 0 saturated heterocycles. The first-order chi connectivity index (χ1) is 11.2. The molecule has 0 fully saturated rings. The van der Waals surface area contributed by atoms with Crippen molar-refractivity contribution >= 4 is 40.5 Å². The SMILES string of the molecule is Clc1ccccc1C1=NCc2nncn2-c2ccc(Cl)c(Cl)c21. The van der Waals surface area contributed by atoms with Crippen LogP contribution in [-0.4, -0.2) is 20.5 Å². The van der Waals surface area contributed by atoms with Crippen molar-refractivity contribution in [3.8, 4) is 5.69 Å². The molecule has 0 saturated carbocycles. The van der Waals surface area contributed by atoms with Gasteiger partial charge < -0.3 is 0 Å². The molecule has 3 aromatic rings. The van der Waals surface area contributed by atoms with E-state index in [9.17, 15) is 0 Å². The summed E-state index contributed by atoms with van der Waals surface area (Å²) in [7, 11) is 0. The minimum absolute atomic E-state index is 0.378. The molecule has 4 rings (SSSR count). The highest BCUT2D eigenvalue weighted by Gasteiger charge is 2.24. The van der Waals surface area contributed by atoms with Crippen molar-refractivity contribution in [2.24, 2.45) is 4.99 Å². The third kappa shape index (κ3) is 2.34. The average Bonchev–Trinajstić information content (AvgIpc) is 2.95. The first kappa shape index (κ1) is 14.7. The zero-order valence-electron chi connectivity index (χ0n) is 11.7. The number of fused-ring (bicyclic) bond motifs is 3. The third-order valence-electron chi connectivity index (χ3n) is 3.70. The van der Waals surface area contributed by atoms with Gasteiger partial charge in [-0.2, -0.15) is 0 Å². The summed E-state index contributed by atoms with van der Waals surface area (Å²) in [4.78, 5) is 4.68. The largest absolute Gasteiger partial charge is 0.283 e. The molecule has 0 aliphatic carbocycles. The average molecular weight is 364 g/mol. The van der Waals surface area contributed by atoms with E-state index in [1.165, 1.54) is 0 Å². The third-order valence-corrected chi connectivity index (χ3v) is 4.83. The van der Waals surface area contributed by atoms with E-state index in [2.05, 4.69) is 15.2 Å². The number of rotatable bonds is 1. The van der Waals surface area contributed by atoms with E-state index in [0.29, 0.717) is 27.3 Å². The normalized spacial score (nSPS) is 13.1. The van der Waals surface area contributed by atoms with Gasteiger partial charge >= 0.3 is 0 Å². The summed E-state index contributed by atoms with van der Waals surface area (Å²) in [6, 6.07) is 11.2. The maximum absolute atomic E-state index is 6.50. The van der Waals surface area contributed by atoms with E-state index in [1.54, 1.807) is 12.4 Å². The molecule has 4 nitrogen and oxygen atoms in total.